The van der Waals surface area contributed by atoms with Crippen LogP contribution in [-0.4, -0.2) is 35.0 Å². The van der Waals surface area contributed by atoms with E-state index in [-0.39, 0.29) is 13.2 Å². The number of benzene rings is 2. The number of carbonyl (C=O) groups is 2. The molecule has 0 radical (unpaired) electrons. The third kappa shape index (κ3) is 4.44. The number of nitrogens with zero attached hydrogens (tertiary/aromatic N) is 2. The third-order valence-corrected chi connectivity index (χ3v) is 4.25. The Balaban J connectivity index is 1.26. The Morgan fingerprint density at radius 2 is 1.10 bits per heavy atom. The number of hydrogen-bond acceptors (Lipinski definition) is 6. The minimum Gasteiger partial charge on any atom is -0.481 e. The molecule has 30 heavy (non-hydrogen) atoms. The highest BCUT2D eigenvalue weighted by Crippen LogP contribution is 2.23. The van der Waals surface area contributed by atoms with Gasteiger partial charge in [-0.3, -0.25) is 30.4 Å². The van der Waals surface area contributed by atoms with Crippen molar-refractivity contribution in [1.29, 1.82) is 0 Å². The molecule has 2 N–H and O–H groups in total. The molecule has 0 bridgehead atoms. The molecule has 0 saturated heterocycles. The summed E-state index contributed by atoms with van der Waals surface area (Å²) >= 11 is 0. The van der Waals surface area contributed by atoms with E-state index in [9.17, 15) is 9.59 Å². The number of carbonyl (C=O) groups excluding carboxylic acids is 2. The molecule has 2 aromatic heterocycles. The SMILES string of the molecule is O=C(COc1cccc2cccnc12)NNC(=O)COc1cccc2cccnc12. The summed E-state index contributed by atoms with van der Waals surface area (Å²) in [5.41, 5.74) is 5.91. The van der Waals surface area contributed by atoms with Gasteiger partial charge >= 0.3 is 0 Å². The smallest absolute Gasteiger partial charge is 0.276 e. The standard InChI is InChI=1S/C22H18N4O4/c27-19(13-29-17-9-1-5-15-7-3-11-23-21(15)17)25-26-20(28)14-30-18-10-2-6-16-8-4-12-24-22(16)18/h1-12H,13-14H2,(H,25,27)(H,26,28). The van der Waals surface area contributed by atoms with Crippen molar-refractivity contribution in [2.75, 3.05) is 13.2 Å². The zero-order valence-corrected chi connectivity index (χ0v) is 15.9. The molecule has 4 aromatic rings. The molecule has 0 fully saturated rings. The number of ether oxygens (including phenoxy) is 2. The van der Waals surface area contributed by atoms with Crippen LogP contribution in [0.1, 0.15) is 0 Å². The zero-order chi connectivity index (χ0) is 20.8. The highest BCUT2D eigenvalue weighted by Gasteiger charge is 2.10. The number of rotatable bonds is 6. The van der Waals surface area contributed by atoms with Crippen molar-refractivity contribution in [3.63, 3.8) is 0 Å². The normalized spacial score (nSPS) is 10.5. The molecule has 2 aromatic carbocycles. The predicted molar refractivity (Wildman–Crippen MR) is 111 cm³/mol. The molecular weight excluding hydrogens is 384 g/mol. The molecule has 0 aliphatic rings. The van der Waals surface area contributed by atoms with E-state index in [4.69, 9.17) is 9.47 Å². The fraction of sp³-hybridized carbons (Fsp3) is 0.0909. The molecule has 4 rings (SSSR count). The van der Waals surface area contributed by atoms with Gasteiger partial charge in [-0.1, -0.05) is 36.4 Å². The Morgan fingerprint density at radius 3 is 1.57 bits per heavy atom. The summed E-state index contributed by atoms with van der Waals surface area (Å²) in [5, 5.41) is 1.81. The van der Waals surface area contributed by atoms with Gasteiger partial charge in [-0.05, 0) is 24.3 Å². The van der Waals surface area contributed by atoms with Gasteiger partial charge in [0.05, 0.1) is 0 Å². The van der Waals surface area contributed by atoms with Gasteiger partial charge in [0, 0.05) is 23.2 Å². The number of para-hydroxylation sites is 2. The van der Waals surface area contributed by atoms with Gasteiger partial charge in [-0.15, -0.1) is 0 Å². The van der Waals surface area contributed by atoms with Crippen molar-refractivity contribution >= 4 is 33.6 Å². The number of hydrazine groups is 1. The molecular formula is C22H18N4O4. The maximum absolute atomic E-state index is 12.0. The fourth-order valence-corrected chi connectivity index (χ4v) is 2.88. The van der Waals surface area contributed by atoms with Crippen molar-refractivity contribution in [2.45, 2.75) is 0 Å². The fourth-order valence-electron chi connectivity index (χ4n) is 2.88. The number of fused-ring (bicyclic) bond motifs is 2. The average molecular weight is 402 g/mol. The van der Waals surface area contributed by atoms with Crippen LogP contribution in [0.3, 0.4) is 0 Å². The summed E-state index contributed by atoms with van der Waals surface area (Å²) in [4.78, 5) is 32.5. The first kappa shape index (κ1) is 19.1. The molecule has 8 nitrogen and oxygen atoms in total. The summed E-state index contributed by atoms with van der Waals surface area (Å²) in [6, 6.07) is 18.4. The van der Waals surface area contributed by atoms with E-state index in [0.29, 0.717) is 22.5 Å². The Morgan fingerprint density at radius 1 is 0.667 bits per heavy atom. The van der Waals surface area contributed by atoms with Crippen LogP contribution < -0.4 is 20.3 Å². The lowest BCUT2D eigenvalue weighted by molar-refractivity contribution is -0.130. The maximum Gasteiger partial charge on any atom is 0.276 e. The van der Waals surface area contributed by atoms with Crippen molar-refractivity contribution < 1.29 is 19.1 Å². The first-order chi connectivity index (χ1) is 14.7. The third-order valence-electron chi connectivity index (χ3n) is 4.25. The van der Waals surface area contributed by atoms with Crippen molar-refractivity contribution in [3.05, 3.63) is 73.1 Å². The minimum atomic E-state index is -0.511. The van der Waals surface area contributed by atoms with Crippen LogP contribution in [0.4, 0.5) is 0 Å². The number of pyridine rings is 2. The second-order valence-corrected chi connectivity index (χ2v) is 6.34. The Labute approximate surface area is 171 Å². The summed E-state index contributed by atoms with van der Waals surface area (Å²) in [7, 11) is 0. The van der Waals surface area contributed by atoms with Crippen molar-refractivity contribution in [2.24, 2.45) is 0 Å². The van der Waals surface area contributed by atoms with Crippen molar-refractivity contribution in [1.82, 2.24) is 20.8 Å². The van der Waals surface area contributed by atoms with E-state index in [1.165, 1.54) is 0 Å². The monoisotopic (exact) mass is 402 g/mol. The van der Waals surface area contributed by atoms with Crippen LogP contribution in [0.15, 0.2) is 73.1 Å². The topological polar surface area (TPSA) is 102 Å². The van der Waals surface area contributed by atoms with Crippen LogP contribution in [0.2, 0.25) is 0 Å². The molecule has 0 aliphatic carbocycles. The van der Waals surface area contributed by atoms with Crippen molar-refractivity contribution in [3.8, 4) is 11.5 Å². The van der Waals surface area contributed by atoms with Crippen LogP contribution >= 0.6 is 0 Å². The molecule has 0 saturated carbocycles. The lowest BCUT2D eigenvalue weighted by Gasteiger charge is -2.11. The molecule has 0 atom stereocenters. The Bertz CT molecular complexity index is 1110. The summed E-state index contributed by atoms with van der Waals surface area (Å²) in [6.07, 6.45) is 3.31. The van der Waals surface area contributed by atoms with Gasteiger partial charge in [0.2, 0.25) is 0 Å². The molecule has 0 spiro atoms. The molecule has 8 heteroatoms. The minimum absolute atomic E-state index is 0.274. The van der Waals surface area contributed by atoms with E-state index < -0.39 is 11.8 Å². The first-order valence-corrected chi connectivity index (χ1v) is 9.21. The highest BCUT2D eigenvalue weighted by atomic mass is 16.5. The number of nitrogens with one attached hydrogen (secondary N) is 2. The number of amides is 2. The maximum atomic E-state index is 12.0. The molecule has 150 valence electrons. The van der Waals surface area contributed by atoms with Gasteiger partial charge in [-0.2, -0.15) is 0 Å². The molecule has 0 aliphatic heterocycles. The van der Waals surface area contributed by atoms with E-state index >= 15 is 0 Å². The average Bonchev–Trinajstić information content (AvgIpc) is 2.80. The van der Waals surface area contributed by atoms with E-state index in [2.05, 4.69) is 20.8 Å². The quantitative estimate of drug-likeness (QED) is 0.480. The molecule has 2 heterocycles. The largest absolute Gasteiger partial charge is 0.481 e. The Kier molecular flexibility index (Phi) is 5.66. The van der Waals surface area contributed by atoms with Gasteiger partial charge < -0.3 is 9.47 Å². The summed E-state index contributed by atoms with van der Waals surface area (Å²) in [5.74, 6) is -0.0473. The number of aromatic nitrogens is 2. The first-order valence-electron chi connectivity index (χ1n) is 9.21. The highest BCUT2D eigenvalue weighted by molar-refractivity contribution is 5.87. The lowest BCUT2D eigenvalue weighted by atomic mass is 10.2. The van der Waals surface area contributed by atoms with Gasteiger partial charge in [0.25, 0.3) is 11.8 Å². The van der Waals surface area contributed by atoms with E-state index in [1.807, 2.05) is 48.5 Å². The van der Waals surface area contributed by atoms with Crippen LogP contribution in [0.5, 0.6) is 11.5 Å². The molecule has 0 unspecified atom stereocenters. The van der Waals surface area contributed by atoms with Gasteiger partial charge in [0.15, 0.2) is 13.2 Å². The molecule has 2 amide bonds. The van der Waals surface area contributed by atoms with Gasteiger partial charge in [0.1, 0.15) is 22.5 Å². The number of hydrogen-bond donors (Lipinski definition) is 2. The predicted octanol–water partition coefficient (Wildman–Crippen LogP) is 2.39. The van der Waals surface area contributed by atoms with Crippen LogP contribution in [0.25, 0.3) is 21.8 Å². The summed E-state index contributed by atoms with van der Waals surface area (Å²) < 4.78 is 11.1. The lowest BCUT2D eigenvalue weighted by Crippen LogP contribution is -2.45. The van der Waals surface area contributed by atoms with E-state index in [0.717, 1.165) is 10.8 Å². The second kappa shape index (κ2) is 8.87. The van der Waals surface area contributed by atoms with Gasteiger partial charge in [-0.25, -0.2) is 0 Å². The summed E-state index contributed by atoms with van der Waals surface area (Å²) in [6.45, 7) is -0.547. The Hall–Kier alpha value is -4.20. The second-order valence-electron chi connectivity index (χ2n) is 6.34. The van der Waals surface area contributed by atoms with Crippen LogP contribution in [-0.2, 0) is 9.59 Å². The zero-order valence-electron chi connectivity index (χ0n) is 15.9. The van der Waals surface area contributed by atoms with Crippen LogP contribution in [0, 0.1) is 0 Å². The van der Waals surface area contributed by atoms with E-state index in [1.54, 1.807) is 24.5 Å².